The lowest BCUT2D eigenvalue weighted by molar-refractivity contribution is 0.554. The first kappa shape index (κ1) is 13.6. The maximum atomic E-state index is 12.2. The molecule has 0 spiro atoms. The smallest absolute Gasteiger partial charge is 0.260 e. The molecule has 0 radical (unpaired) electrons. The SMILES string of the molecule is Cc1[nH]nc(S(=O)(=O)NC(C)c2nn[nH]n2)c1CN. The van der Waals surface area contributed by atoms with Crippen molar-refractivity contribution in [3.63, 3.8) is 0 Å². The molecule has 2 aromatic heterocycles. The summed E-state index contributed by atoms with van der Waals surface area (Å²) in [4.78, 5) is 0. The van der Waals surface area contributed by atoms with Gasteiger partial charge < -0.3 is 5.73 Å². The van der Waals surface area contributed by atoms with Crippen LogP contribution in [0, 0.1) is 6.92 Å². The van der Waals surface area contributed by atoms with Crippen molar-refractivity contribution in [1.29, 1.82) is 0 Å². The molecule has 5 N–H and O–H groups in total. The molecule has 0 fully saturated rings. The fraction of sp³-hybridized carbons (Fsp3) is 0.500. The molecule has 0 aliphatic rings. The highest BCUT2D eigenvalue weighted by Crippen LogP contribution is 2.17. The molecule has 11 heteroatoms. The van der Waals surface area contributed by atoms with Crippen molar-refractivity contribution in [3.05, 3.63) is 17.1 Å². The Kier molecular flexibility index (Phi) is 3.59. The second-order valence-electron chi connectivity index (χ2n) is 3.95. The van der Waals surface area contributed by atoms with E-state index in [2.05, 4.69) is 35.5 Å². The lowest BCUT2D eigenvalue weighted by atomic mass is 10.3. The van der Waals surface area contributed by atoms with Gasteiger partial charge in [0, 0.05) is 17.8 Å². The van der Waals surface area contributed by atoms with Crippen LogP contribution in [0.2, 0.25) is 0 Å². The number of nitrogens with two attached hydrogens (primary N) is 1. The van der Waals surface area contributed by atoms with E-state index in [-0.39, 0.29) is 17.4 Å². The Bertz CT molecular complexity index is 646. The van der Waals surface area contributed by atoms with Crippen LogP contribution in [0.25, 0.3) is 0 Å². The Morgan fingerprint density at radius 3 is 2.74 bits per heavy atom. The zero-order valence-corrected chi connectivity index (χ0v) is 11.2. The van der Waals surface area contributed by atoms with Crippen LogP contribution in [-0.4, -0.2) is 39.2 Å². The molecule has 19 heavy (non-hydrogen) atoms. The number of tetrazole rings is 1. The lowest BCUT2D eigenvalue weighted by Gasteiger charge is -2.10. The fourth-order valence-electron chi connectivity index (χ4n) is 1.59. The van der Waals surface area contributed by atoms with Crippen molar-refractivity contribution in [3.8, 4) is 0 Å². The summed E-state index contributed by atoms with van der Waals surface area (Å²) in [5, 5.41) is 19.3. The molecule has 1 atom stereocenters. The van der Waals surface area contributed by atoms with E-state index < -0.39 is 16.1 Å². The average molecular weight is 286 g/mol. The highest BCUT2D eigenvalue weighted by molar-refractivity contribution is 7.89. The van der Waals surface area contributed by atoms with Crippen LogP contribution in [0.3, 0.4) is 0 Å². The maximum Gasteiger partial charge on any atom is 0.260 e. The van der Waals surface area contributed by atoms with Gasteiger partial charge in [-0.3, -0.25) is 5.10 Å². The number of hydrogen-bond acceptors (Lipinski definition) is 7. The van der Waals surface area contributed by atoms with Crippen LogP contribution in [0.4, 0.5) is 0 Å². The van der Waals surface area contributed by atoms with Gasteiger partial charge in [0.1, 0.15) is 0 Å². The largest absolute Gasteiger partial charge is 0.326 e. The van der Waals surface area contributed by atoms with Gasteiger partial charge in [0.05, 0.1) is 6.04 Å². The van der Waals surface area contributed by atoms with Gasteiger partial charge in [0.2, 0.25) is 0 Å². The van der Waals surface area contributed by atoms with Crippen molar-refractivity contribution < 1.29 is 8.42 Å². The molecule has 2 heterocycles. The average Bonchev–Trinajstić information content (AvgIpc) is 2.96. The van der Waals surface area contributed by atoms with E-state index in [9.17, 15) is 8.42 Å². The minimum atomic E-state index is -3.80. The third-order valence-corrected chi connectivity index (χ3v) is 4.09. The van der Waals surface area contributed by atoms with Gasteiger partial charge in [-0.1, -0.05) is 5.21 Å². The second kappa shape index (κ2) is 5.03. The number of hydrogen-bond donors (Lipinski definition) is 4. The van der Waals surface area contributed by atoms with Crippen LogP contribution in [0.5, 0.6) is 0 Å². The third kappa shape index (κ3) is 2.62. The molecule has 0 bridgehead atoms. The van der Waals surface area contributed by atoms with E-state index >= 15 is 0 Å². The monoisotopic (exact) mass is 286 g/mol. The van der Waals surface area contributed by atoms with Crippen LogP contribution in [0.15, 0.2) is 5.03 Å². The highest BCUT2D eigenvalue weighted by Gasteiger charge is 2.26. The minimum absolute atomic E-state index is 0.0785. The van der Waals surface area contributed by atoms with Crippen molar-refractivity contribution in [2.45, 2.75) is 31.5 Å². The summed E-state index contributed by atoms with van der Waals surface area (Å²) in [6.07, 6.45) is 0. The molecule has 0 amide bonds. The van der Waals surface area contributed by atoms with Crippen LogP contribution in [0.1, 0.15) is 30.0 Å². The zero-order chi connectivity index (χ0) is 14.0. The summed E-state index contributed by atoms with van der Waals surface area (Å²) in [6.45, 7) is 3.38. The first-order valence-electron chi connectivity index (χ1n) is 5.45. The molecule has 2 aromatic rings. The molecule has 2 rings (SSSR count). The van der Waals surface area contributed by atoms with Gasteiger partial charge in [-0.15, -0.1) is 10.2 Å². The predicted molar refractivity (Wildman–Crippen MR) is 64.1 cm³/mol. The number of aromatic nitrogens is 6. The van der Waals surface area contributed by atoms with Crippen LogP contribution >= 0.6 is 0 Å². The van der Waals surface area contributed by atoms with Gasteiger partial charge >= 0.3 is 0 Å². The van der Waals surface area contributed by atoms with E-state index in [1.807, 2.05) is 0 Å². The summed E-state index contributed by atoms with van der Waals surface area (Å²) in [7, 11) is -3.80. The Balaban J connectivity index is 2.28. The molecule has 0 aliphatic carbocycles. The normalized spacial score (nSPS) is 13.6. The number of sulfonamides is 1. The second-order valence-corrected chi connectivity index (χ2v) is 5.58. The summed E-state index contributed by atoms with van der Waals surface area (Å²) >= 11 is 0. The first-order chi connectivity index (χ1) is 8.95. The number of aryl methyl sites for hydroxylation is 1. The number of H-pyrrole nitrogens is 2. The molecule has 0 aliphatic heterocycles. The molecule has 0 aromatic carbocycles. The topological polar surface area (TPSA) is 155 Å². The minimum Gasteiger partial charge on any atom is -0.326 e. The van der Waals surface area contributed by atoms with Gasteiger partial charge in [-0.2, -0.15) is 15.0 Å². The molecular weight excluding hydrogens is 272 g/mol. The first-order valence-corrected chi connectivity index (χ1v) is 6.93. The standard InChI is InChI=1S/C8H14N8O2S/c1-4-6(3-9)8(13-10-4)19(17,18)14-5(2)7-11-15-16-12-7/h5,14H,3,9H2,1-2H3,(H,10,13)(H,11,12,15,16). The Morgan fingerprint density at radius 1 is 1.42 bits per heavy atom. The Morgan fingerprint density at radius 2 is 2.16 bits per heavy atom. The van der Waals surface area contributed by atoms with E-state index in [0.29, 0.717) is 11.3 Å². The van der Waals surface area contributed by atoms with Crippen LogP contribution < -0.4 is 10.5 Å². The van der Waals surface area contributed by atoms with E-state index in [1.165, 1.54) is 0 Å². The van der Waals surface area contributed by atoms with Gasteiger partial charge in [0.15, 0.2) is 10.9 Å². The van der Waals surface area contributed by atoms with Crippen molar-refractivity contribution in [2.24, 2.45) is 5.73 Å². The predicted octanol–water partition coefficient (Wildman–Crippen LogP) is -1.27. The molecule has 1 unspecified atom stereocenters. The van der Waals surface area contributed by atoms with Crippen LogP contribution in [-0.2, 0) is 16.6 Å². The van der Waals surface area contributed by atoms with E-state index in [1.54, 1.807) is 13.8 Å². The molecular formula is C8H14N8O2S. The van der Waals surface area contributed by atoms with Crippen molar-refractivity contribution in [1.82, 2.24) is 35.5 Å². The van der Waals surface area contributed by atoms with Gasteiger partial charge in [0.25, 0.3) is 10.0 Å². The summed E-state index contributed by atoms with van der Waals surface area (Å²) in [5.41, 5.74) is 6.60. The van der Waals surface area contributed by atoms with Crippen molar-refractivity contribution in [2.75, 3.05) is 0 Å². The molecule has 104 valence electrons. The molecule has 0 saturated heterocycles. The lowest BCUT2D eigenvalue weighted by Crippen LogP contribution is -2.29. The number of rotatable bonds is 5. The maximum absolute atomic E-state index is 12.2. The summed E-state index contributed by atoms with van der Waals surface area (Å²) in [5.74, 6) is 0.241. The van der Waals surface area contributed by atoms with Crippen molar-refractivity contribution >= 4 is 10.0 Å². The van der Waals surface area contributed by atoms with E-state index in [4.69, 9.17) is 5.73 Å². The zero-order valence-electron chi connectivity index (χ0n) is 10.4. The van der Waals surface area contributed by atoms with Gasteiger partial charge in [-0.25, -0.2) is 8.42 Å². The Hall–Kier alpha value is -1.85. The number of nitrogens with one attached hydrogen (secondary N) is 3. The summed E-state index contributed by atoms with van der Waals surface area (Å²) < 4.78 is 26.8. The summed E-state index contributed by atoms with van der Waals surface area (Å²) in [6, 6.07) is -0.633. The fourth-order valence-corrected chi connectivity index (χ4v) is 3.00. The number of nitrogens with zero attached hydrogens (tertiary/aromatic N) is 4. The number of aromatic amines is 2. The quantitative estimate of drug-likeness (QED) is 0.534. The highest BCUT2D eigenvalue weighted by atomic mass is 32.2. The Labute approximate surface area is 109 Å². The van der Waals surface area contributed by atoms with E-state index in [0.717, 1.165) is 0 Å². The molecule has 0 saturated carbocycles. The molecule has 10 nitrogen and oxygen atoms in total. The third-order valence-electron chi connectivity index (χ3n) is 2.58. The van der Waals surface area contributed by atoms with Gasteiger partial charge in [-0.05, 0) is 13.8 Å².